The van der Waals surface area contributed by atoms with Crippen LogP contribution in [-0.4, -0.2) is 41.6 Å². The van der Waals surface area contributed by atoms with Crippen molar-refractivity contribution >= 4 is 39.2 Å². The number of aryl methyl sites for hydroxylation is 1. The van der Waals surface area contributed by atoms with Gasteiger partial charge in [-0.2, -0.15) is 4.98 Å². The first-order chi connectivity index (χ1) is 9.93. The molecule has 1 aliphatic heterocycles. The van der Waals surface area contributed by atoms with E-state index in [1.54, 1.807) is 18.4 Å². The lowest BCUT2D eigenvalue weighted by Gasteiger charge is -2.42. The van der Waals surface area contributed by atoms with Gasteiger partial charge in [0.25, 0.3) is 0 Å². The van der Waals surface area contributed by atoms with E-state index in [2.05, 4.69) is 38.5 Å². The molecule has 1 saturated heterocycles. The Balaban J connectivity index is 2.20. The second-order valence-corrected chi connectivity index (χ2v) is 6.90. The fraction of sp³-hybridized carbons (Fsp3) is 0.500. The van der Waals surface area contributed by atoms with Gasteiger partial charge < -0.3 is 15.5 Å². The molecule has 6 nitrogen and oxygen atoms in total. The Morgan fingerprint density at radius 2 is 2.19 bits per heavy atom. The van der Waals surface area contributed by atoms with E-state index < -0.39 is 5.54 Å². The monoisotopic (exact) mass is 305 g/mol. The van der Waals surface area contributed by atoms with Gasteiger partial charge in [0, 0.05) is 25.0 Å². The molecule has 2 aromatic heterocycles. The molecule has 21 heavy (non-hydrogen) atoms. The summed E-state index contributed by atoms with van der Waals surface area (Å²) >= 11 is 1.64. The first-order valence-electron chi connectivity index (χ1n) is 6.95. The van der Waals surface area contributed by atoms with Crippen LogP contribution in [0.15, 0.2) is 6.07 Å². The lowest BCUT2D eigenvalue weighted by atomic mass is 9.98. The number of anilines is 2. The summed E-state index contributed by atoms with van der Waals surface area (Å²) in [6.45, 7) is 7.28. The van der Waals surface area contributed by atoms with E-state index in [9.17, 15) is 4.79 Å². The number of rotatable bonds is 2. The number of aromatic nitrogens is 2. The van der Waals surface area contributed by atoms with Crippen molar-refractivity contribution in [1.29, 1.82) is 0 Å². The van der Waals surface area contributed by atoms with Gasteiger partial charge in [-0.3, -0.25) is 4.79 Å². The lowest BCUT2D eigenvalue weighted by Crippen LogP contribution is -2.62. The van der Waals surface area contributed by atoms with Crippen molar-refractivity contribution in [2.24, 2.45) is 0 Å². The van der Waals surface area contributed by atoms with E-state index >= 15 is 0 Å². The van der Waals surface area contributed by atoms with Gasteiger partial charge in [-0.25, -0.2) is 4.98 Å². The Morgan fingerprint density at radius 1 is 1.43 bits per heavy atom. The van der Waals surface area contributed by atoms with E-state index in [1.165, 1.54) is 4.88 Å². The average molecular weight is 305 g/mol. The van der Waals surface area contributed by atoms with Crippen molar-refractivity contribution in [2.75, 3.05) is 30.4 Å². The predicted molar refractivity (Wildman–Crippen MR) is 86.1 cm³/mol. The lowest BCUT2D eigenvalue weighted by molar-refractivity contribution is -0.126. The van der Waals surface area contributed by atoms with Gasteiger partial charge in [0.05, 0.1) is 5.39 Å². The number of thiophene rings is 1. The number of carbonyl (C=O) groups excluding carboxylic acids is 1. The smallest absolute Gasteiger partial charge is 0.245 e. The molecule has 0 atom stereocenters. The zero-order valence-corrected chi connectivity index (χ0v) is 13.5. The molecular formula is C14H19N5OS. The Kier molecular flexibility index (Phi) is 3.24. The summed E-state index contributed by atoms with van der Waals surface area (Å²) in [7, 11) is 1.81. The molecule has 1 fully saturated rings. The van der Waals surface area contributed by atoms with E-state index in [-0.39, 0.29) is 5.91 Å². The minimum Gasteiger partial charge on any atom is -0.357 e. The maximum Gasteiger partial charge on any atom is 0.245 e. The van der Waals surface area contributed by atoms with E-state index in [0.717, 1.165) is 22.6 Å². The Morgan fingerprint density at radius 3 is 2.90 bits per heavy atom. The van der Waals surface area contributed by atoms with Crippen LogP contribution in [0.3, 0.4) is 0 Å². The topological polar surface area (TPSA) is 70.2 Å². The van der Waals surface area contributed by atoms with Crippen molar-refractivity contribution in [3.63, 3.8) is 0 Å². The first kappa shape index (κ1) is 14.1. The molecule has 0 aromatic carbocycles. The molecule has 1 amide bonds. The zero-order chi connectivity index (χ0) is 15.2. The van der Waals surface area contributed by atoms with Crippen LogP contribution in [0.25, 0.3) is 10.2 Å². The molecule has 1 aliphatic rings. The molecule has 0 radical (unpaired) electrons. The SMILES string of the molecule is CNc1nc(N2CCNC(=O)C2(C)C)c2cc(C)sc2n1. The first-order valence-corrected chi connectivity index (χ1v) is 7.77. The quantitative estimate of drug-likeness (QED) is 0.884. The fourth-order valence-electron chi connectivity index (χ4n) is 2.61. The summed E-state index contributed by atoms with van der Waals surface area (Å²) in [6, 6.07) is 2.09. The largest absolute Gasteiger partial charge is 0.357 e. The molecule has 2 N–H and O–H groups in total. The van der Waals surface area contributed by atoms with Crippen LogP contribution in [-0.2, 0) is 4.79 Å². The van der Waals surface area contributed by atoms with Gasteiger partial charge in [-0.05, 0) is 26.8 Å². The third-order valence-corrected chi connectivity index (χ3v) is 4.77. The zero-order valence-electron chi connectivity index (χ0n) is 12.6. The molecule has 0 spiro atoms. The summed E-state index contributed by atoms with van der Waals surface area (Å²) in [5.41, 5.74) is -0.625. The molecule has 0 saturated carbocycles. The third kappa shape index (κ3) is 2.21. The average Bonchev–Trinajstić information content (AvgIpc) is 2.81. The third-order valence-electron chi connectivity index (χ3n) is 3.83. The van der Waals surface area contributed by atoms with Crippen LogP contribution in [0.1, 0.15) is 18.7 Å². The van der Waals surface area contributed by atoms with Crippen molar-refractivity contribution in [2.45, 2.75) is 26.3 Å². The minimum atomic E-state index is -0.625. The highest BCUT2D eigenvalue weighted by molar-refractivity contribution is 7.18. The number of nitrogens with zero attached hydrogens (tertiary/aromatic N) is 3. The molecule has 3 heterocycles. The van der Waals surface area contributed by atoms with E-state index in [0.29, 0.717) is 12.5 Å². The second kappa shape index (κ2) is 4.84. The Labute approximate surface area is 127 Å². The summed E-state index contributed by atoms with van der Waals surface area (Å²) < 4.78 is 0. The number of piperazine rings is 1. The van der Waals surface area contributed by atoms with Gasteiger partial charge >= 0.3 is 0 Å². The second-order valence-electron chi connectivity index (χ2n) is 5.66. The van der Waals surface area contributed by atoms with Crippen LogP contribution in [0.4, 0.5) is 11.8 Å². The maximum absolute atomic E-state index is 12.2. The van der Waals surface area contributed by atoms with Crippen molar-refractivity contribution in [1.82, 2.24) is 15.3 Å². The van der Waals surface area contributed by atoms with Crippen molar-refractivity contribution in [3.8, 4) is 0 Å². The summed E-state index contributed by atoms with van der Waals surface area (Å²) in [5.74, 6) is 1.44. The molecule has 0 unspecified atom stereocenters. The molecule has 0 bridgehead atoms. The van der Waals surface area contributed by atoms with E-state index in [4.69, 9.17) is 0 Å². The van der Waals surface area contributed by atoms with Crippen molar-refractivity contribution in [3.05, 3.63) is 10.9 Å². The molecule has 7 heteroatoms. The minimum absolute atomic E-state index is 0.0264. The Hall–Kier alpha value is -1.89. The van der Waals surface area contributed by atoms with Gasteiger partial charge in [-0.15, -0.1) is 11.3 Å². The highest BCUT2D eigenvalue weighted by atomic mass is 32.1. The number of amides is 1. The normalized spacial score (nSPS) is 17.9. The molecule has 112 valence electrons. The highest BCUT2D eigenvalue weighted by Crippen LogP contribution is 2.35. The summed E-state index contributed by atoms with van der Waals surface area (Å²) in [5, 5.41) is 6.93. The number of fused-ring (bicyclic) bond motifs is 1. The molecule has 3 rings (SSSR count). The van der Waals surface area contributed by atoms with Crippen LogP contribution in [0.2, 0.25) is 0 Å². The number of hydrogen-bond acceptors (Lipinski definition) is 6. The van der Waals surface area contributed by atoms with Gasteiger partial charge in [0.2, 0.25) is 11.9 Å². The highest BCUT2D eigenvalue weighted by Gasteiger charge is 2.39. The van der Waals surface area contributed by atoms with Gasteiger partial charge in [-0.1, -0.05) is 0 Å². The maximum atomic E-state index is 12.2. The fourth-order valence-corrected chi connectivity index (χ4v) is 3.49. The van der Waals surface area contributed by atoms with Crippen LogP contribution in [0.5, 0.6) is 0 Å². The predicted octanol–water partition coefficient (Wildman–Crippen LogP) is 1.76. The molecular weight excluding hydrogens is 286 g/mol. The van der Waals surface area contributed by atoms with Gasteiger partial charge in [0.15, 0.2) is 0 Å². The molecule has 0 aliphatic carbocycles. The number of carbonyl (C=O) groups is 1. The molecule has 2 aromatic rings. The standard InChI is InChI=1S/C14H19N5OS/c1-8-7-9-10(17-13(15-4)18-11(9)21-8)19-6-5-16-12(20)14(19,2)3/h7H,5-6H2,1-4H3,(H,16,20)(H,15,17,18). The Bertz CT molecular complexity index is 709. The number of nitrogens with one attached hydrogen (secondary N) is 2. The van der Waals surface area contributed by atoms with E-state index in [1.807, 2.05) is 13.8 Å². The summed E-state index contributed by atoms with van der Waals surface area (Å²) in [4.78, 5) is 25.5. The van der Waals surface area contributed by atoms with Gasteiger partial charge in [0.1, 0.15) is 16.2 Å². The van der Waals surface area contributed by atoms with Crippen molar-refractivity contribution < 1.29 is 4.79 Å². The number of hydrogen-bond donors (Lipinski definition) is 2. The summed E-state index contributed by atoms with van der Waals surface area (Å²) in [6.07, 6.45) is 0. The van der Waals surface area contributed by atoms with Crippen LogP contribution in [0, 0.1) is 6.92 Å². The van der Waals surface area contributed by atoms with Crippen LogP contribution < -0.4 is 15.5 Å². The van der Waals surface area contributed by atoms with Crippen LogP contribution >= 0.6 is 11.3 Å².